The van der Waals surface area contributed by atoms with Crippen LogP contribution in [0.1, 0.15) is 23.4 Å². The van der Waals surface area contributed by atoms with Gasteiger partial charge < -0.3 is 5.11 Å². The Bertz CT molecular complexity index is 633. The van der Waals surface area contributed by atoms with Crippen LogP contribution in [0.2, 0.25) is 0 Å². The van der Waals surface area contributed by atoms with Crippen molar-refractivity contribution in [2.24, 2.45) is 0 Å². The summed E-state index contributed by atoms with van der Waals surface area (Å²) in [5, 5.41) is 8.77. The predicted octanol–water partition coefficient (Wildman–Crippen LogP) is 3.54. The van der Waals surface area contributed by atoms with Gasteiger partial charge >= 0.3 is 5.97 Å². The molecule has 0 saturated carbocycles. The molecule has 104 valence electrons. The maximum atomic E-state index is 10.7. The van der Waals surface area contributed by atoms with Gasteiger partial charge in [0.05, 0.1) is 0 Å². The number of carboxylic acid groups (broad SMARTS) is 1. The van der Waals surface area contributed by atoms with Gasteiger partial charge in [0.25, 0.3) is 0 Å². The molecule has 1 aromatic heterocycles. The van der Waals surface area contributed by atoms with Crippen LogP contribution in [-0.4, -0.2) is 21.0 Å². The molecular formula is C15H15BrN2O2. The first kappa shape index (κ1) is 14.7. The average molecular weight is 335 g/mol. The normalized spacial score (nSPS) is 10.6. The number of rotatable bonds is 4. The Morgan fingerprint density at radius 3 is 2.45 bits per heavy atom. The second-order valence-corrected chi connectivity index (χ2v) is 5.52. The first-order valence-corrected chi connectivity index (χ1v) is 7.08. The van der Waals surface area contributed by atoms with Crippen molar-refractivity contribution in [2.75, 3.05) is 0 Å². The number of aromatic nitrogens is 2. The molecule has 1 aromatic carbocycles. The first-order valence-electron chi connectivity index (χ1n) is 6.29. The summed E-state index contributed by atoms with van der Waals surface area (Å²) in [6.45, 7) is 3.79. The predicted molar refractivity (Wildman–Crippen MR) is 80.6 cm³/mol. The van der Waals surface area contributed by atoms with E-state index >= 15 is 0 Å². The van der Waals surface area contributed by atoms with E-state index in [1.165, 1.54) is 0 Å². The standard InChI is InChI=1S/C15H15BrN2O2/c1-9-13(6-7-14(19)20)10(2)18-15(17-9)11-4-3-5-12(16)8-11/h3-5,8H,6-7H2,1-2H3,(H,19,20). The Hall–Kier alpha value is -1.75. The Kier molecular flexibility index (Phi) is 4.49. The van der Waals surface area contributed by atoms with Gasteiger partial charge in [0.15, 0.2) is 5.82 Å². The molecule has 0 saturated heterocycles. The molecule has 0 amide bonds. The third-order valence-corrected chi connectivity index (χ3v) is 3.59. The molecule has 1 N–H and O–H groups in total. The van der Waals surface area contributed by atoms with Crippen LogP contribution in [0.25, 0.3) is 11.4 Å². The van der Waals surface area contributed by atoms with Gasteiger partial charge in [0, 0.05) is 27.8 Å². The van der Waals surface area contributed by atoms with Crippen LogP contribution in [0.3, 0.4) is 0 Å². The summed E-state index contributed by atoms with van der Waals surface area (Å²) in [5.74, 6) is -0.139. The van der Waals surface area contributed by atoms with Crippen molar-refractivity contribution < 1.29 is 9.90 Å². The van der Waals surface area contributed by atoms with Gasteiger partial charge in [-0.3, -0.25) is 4.79 Å². The molecule has 2 rings (SSSR count). The van der Waals surface area contributed by atoms with Gasteiger partial charge in [-0.25, -0.2) is 9.97 Å². The zero-order valence-corrected chi connectivity index (χ0v) is 12.9. The molecule has 1 heterocycles. The maximum absolute atomic E-state index is 10.7. The quantitative estimate of drug-likeness (QED) is 0.928. The summed E-state index contributed by atoms with van der Waals surface area (Å²) in [4.78, 5) is 19.7. The number of carbonyl (C=O) groups is 1. The lowest BCUT2D eigenvalue weighted by molar-refractivity contribution is -0.136. The minimum absolute atomic E-state index is 0.0985. The van der Waals surface area contributed by atoms with Gasteiger partial charge in [-0.15, -0.1) is 0 Å². The van der Waals surface area contributed by atoms with Crippen molar-refractivity contribution in [1.29, 1.82) is 0 Å². The van der Waals surface area contributed by atoms with Crippen molar-refractivity contribution in [3.05, 3.63) is 45.7 Å². The van der Waals surface area contributed by atoms with Crippen LogP contribution in [0.4, 0.5) is 0 Å². The number of carboxylic acids is 1. The Labute approximate surface area is 126 Å². The summed E-state index contributed by atoms with van der Waals surface area (Å²) in [6, 6.07) is 7.80. The van der Waals surface area contributed by atoms with Crippen LogP contribution in [-0.2, 0) is 11.2 Å². The molecule has 2 aromatic rings. The Morgan fingerprint density at radius 1 is 1.25 bits per heavy atom. The Morgan fingerprint density at radius 2 is 1.90 bits per heavy atom. The van der Waals surface area contributed by atoms with Gasteiger partial charge in [0.1, 0.15) is 0 Å². The van der Waals surface area contributed by atoms with Crippen molar-refractivity contribution >= 4 is 21.9 Å². The van der Waals surface area contributed by atoms with E-state index in [1.807, 2.05) is 38.1 Å². The molecular weight excluding hydrogens is 320 g/mol. The largest absolute Gasteiger partial charge is 0.481 e. The molecule has 0 spiro atoms. The smallest absolute Gasteiger partial charge is 0.303 e. The Balaban J connectivity index is 2.37. The van der Waals surface area contributed by atoms with Gasteiger partial charge in [-0.1, -0.05) is 28.1 Å². The number of nitrogens with zero attached hydrogens (tertiary/aromatic N) is 2. The molecule has 0 aliphatic rings. The molecule has 0 radical (unpaired) electrons. The van der Waals surface area contributed by atoms with E-state index in [1.54, 1.807) is 0 Å². The summed E-state index contributed by atoms with van der Waals surface area (Å²) in [5.41, 5.74) is 3.55. The third kappa shape index (κ3) is 3.42. The number of aryl methyl sites for hydroxylation is 2. The molecule has 0 aliphatic heterocycles. The summed E-state index contributed by atoms with van der Waals surface area (Å²) >= 11 is 3.43. The SMILES string of the molecule is Cc1nc(-c2cccc(Br)c2)nc(C)c1CCC(=O)O. The van der Waals surface area contributed by atoms with Gasteiger partial charge in [0.2, 0.25) is 0 Å². The van der Waals surface area contributed by atoms with E-state index in [9.17, 15) is 4.79 Å². The molecule has 4 nitrogen and oxygen atoms in total. The van der Waals surface area contributed by atoms with Crippen LogP contribution >= 0.6 is 15.9 Å². The zero-order valence-electron chi connectivity index (χ0n) is 11.4. The molecule has 0 bridgehead atoms. The van der Waals surface area contributed by atoms with E-state index in [4.69, 9.17) is 5.11 Å². The first-order chi connectivity index (χ1) is 9.47. The minimum Gasteiger partial charge on any atom is -0.481 e. The van der Waals surface area contributed by atoms with E-state index < -0.39 is 5.97 Å². The monoisotopic (exact) mass is 334 g/mol. The van der Waals surface area contributed by atoms with Crippen LogP contribution in [0, 0.1) is 13.8 Å². The lowest BCUT2D eigenvalue weighted by Crippen LogP contribution is -2.05. The fraction of sp³-hybridized carbons (Fsp3) is 0.267. The van der Waals surface area contributed by atoms with E-state index in [0.717, 1.165) is 27.0 Å². The zero-order chi connectivity index (χ0) is 14.7. The number of hydrogen-bond acceptors (Lipinski definition) is 3. The summed E-state index contributed by atoms with van der Waals surface area (Å²) < 4.78 is 0.976. The number of aliphatic carboxylic acids is 1. The third-order valence-electron chi connectivity index (χ3n) is 3.09. The molecule has 0 unspecified atom stereocenters. The van der Waals surface area contributed by atoms with Crippen LogP contribution in [0.5, 0.6) is 0 Å². The highest BCUT2D eigenvalue weighted by molar-refractivity contribution is 9.10. The van der Waals surface area contributed by atoms with Crippen molar-refractivity contribution in [1.82, 2.24) is 9.97 Å². The van der Waals surface area contributed by atoms with Crippen LogP contribution in [0.15, 0.2) is 28.7 Å². The minimum atomic E-state index is -0.806. The maximum Gasteiger partial charge on any atom is 0.303 e. The fourth-order valence-electron chi connectivity index (χ4n) is 2.09. The fourth-order valence-corrected chi connectivity index (χ4v) is 2.49. The molecule has 20 heavy (non-hydrogen) atoms. The lowest BCUT2D eigenvalue weighted by atomic mass is 10.1. The number of halogens is 1. The van der Waals surface area contributed by atoms with E-state index in [-0.39, 0.29) is 6.42 Å². The summed E-state index contributed by atoms with van der Waals surface area (Å²) in [6.07, 6.45) is 0.563. The number of hydrogen-bond donors (Lipinski definition) is 1. The molecule has 0 aliphatic carbocycles. The van der Waals surface area contributed by atoms with Crippen molar-refractivity contribution in [3.8, 4) is 11.4 Å². The van der Waals surface area contributed by atoms with Crippen LogP contribution < -0.4 is 0 Å². The van der Waals surface area contributed by atoms with Gasteiger partial charge in [-0.05, 0) is 38.0 Å². The van der Waals surface area contributed by atoms with Crippen molar-refractivity contribution in [3.63, 3.8) is 0 Å². The summed E-state index contributed by atoms with van der Waals surface area (Å²) in [7, 11) is 0. The highest BCUT2D eigenvalue weighted by Gasteiger charge is 2.11. The molecule has 0 atom stereocenters. The highest BCUT2D eigenvalue weighted by atomic mass is 79.9. The molecule has 0 fully saturated rings. The topological polar surface area (TPSA) is 63.1 Å². The molecule has 5 heteroatoms. The second-order valence-electron chi connectivity index (χ2n) is 4.60. The number of benzene rings is 1. The average Bonchev–Trinajstić information content (AvgIpc) is 2.37. The van der Waals surface area contributed by atoms with Crippen molar-refractivity contribution in [2.45, 2.75) is 26.7 Å². The van der Waals surface area contributed by atoms with E-state index in [2.05, 4.69) is 25.9 Å². The second kappa shape index (κ2) is 6.13. The van der Waals surface area contributed by atoms with E-state index in [0.29, 0.717) is 12.2 Å². The van der Waals surface area contributed by atoms with Gasteiger partial charge in [-0.2, -0.15) is 0 Å². The lowest BCUT2D eigenvalue weighted by Gasteiger charge is -2.10. The highest BCUT2D eigenvalue weighted by Crippen LogP contribution is 2.22.